The van der Waals surface area contributed by atoms with Crippen molar-refractivity contribution >= 4 is 0 Å². The Hall–Kier alpha value is -1.16. The summed E-state index contributed by atoms with van der Waals surface area (Å²) in [6.45, 7) is 0.785. The van der Waals surface area contributed by atoms with E-state index < -0.39 is 0 Å². The quantitative estimate of drug-likeness (QED) is 0.498. The zero-order valence-corrected chi connectivity index (χ0v) is 11.3. The Kier molecular flexibility index (Phi) is 3.97. The highest BCUT2D eigenvalue weighted by Crippen LogP contribution is 2.34. The van der Waals surface area contributed by atoms with E-state index in [-0.39, 0.29) is 12.1 Å². The van der Waals surface area contributed by atoms with Gasteiger partial charge >= 0.3 is 0 Å². The van der Waals surface area contributed by atoms with E-state index in [4.69, 9.17) is 10.6 Å². The van der Waals surface area contributed by atoms with E-state index in [0.717, 1.165) is 19.4 Å². The number of hydrogen-bond acceptors (Lipinski definition) is 3. The third-order valence-electron chi connectivity index (χ3n) is 4.24. The standard InChI is InChI=1S/C16H22N2O/c17-18-15(13-7-2-1-3-8-13)16-14-9-5-4-6-12(14)10-11-19-16/h4-7,9,15-16,18H,1-3,8,10-11,17H2. The number of allylic oxidation sites excluding steroid dienone is 1. The molecule has 2 atom stereocenters. The molecule has 2 aliphatic rings. The van der Waals surface area contributed by atoms with Crippen molar-refractivity contribution in [1.82, 2.24) is 5.43 Å². The van der Waals surface area contributed by atoms with Crippen LogP contribution in [0.3, 0.4) is 0 Å². The topological polar surface area (TPSA) is 47.3 Å². The Morgan fingerprint density at radius 3 is 2.89 bits per heavy atom. The van der Waals surface area contributed by atoms with Crippen molar-refractivity contribution in [1.29, 1.82) is 0 Å². The first-order chi connectivity index (χ1) is 9.40. The number of hydrazine groups is 1. The molecule has 3 nitrogen and oxygen atoms in total. The van der Waals surface area contributed by atoms with Crippen LogP contribution in [0.25, 0.3) is 0 Å². The first-order valence-electron chi connectivity index (χ1n) is 7.24. The Balaban J connectivity index is 1.90. The Labute approximate surface area is 114 Å². The molecule has 1 aliphatic heterocycles. The zero-order valence-electron chi connectivity index (χ0n) is 11.3. The van der Waals surface area contributed by atoms with E-state index in [1.807, 2.05) is 0 Å². The van der Waals surface area contributed by atoms with Crippen LogP contribution in [0.15, 0.2) is 35.9 Å². The molecule has 1 aliphatic carbocycles. The van der Waals surface area contributed by atoms with Crippen LogP contribution in [0.1, 0.15) is 42.9 Å². The fourth-order valence-electron chi connectivity index (χ4n) is 3.24. The second-order valence-electron chi connectivity index (χ2n) is 5.41. The molecule has 102 valence electrons. The molecule has 19 heavy (non-hydrogen) atoms. The number of nitrogens with two attached hydrogens (primary N) is 1. The van der Waals surface area contributed by atoms with Crippen molar-refractivity contribution in [2.45, 2.75) is 44.2 Å². The summed E-state index contributed by atoms with van der Waals surface area (Å²) < 4.78 is 6.03. The summed E-state index contributed by atoms with van der Waals surface area (Å²) >= 11 is 0. The fourth-order valence-corrected chi connectivity index (χ4v) is 3.24. The first-order valence-corrected chi connectivity index (χ1v) is 7.24. The Morgan fingerprint density at radius 2 is 2.11 bits per heavy atom. The molecule has 0 bridgehead atoms. The first kappa shape index (κ1) is 12.9. The van der Waals surface area contributed by atoms with Gasteiger partial charge < -0.3 is 4.74 Å². The molecule has 1 aromatic rings. The number of rotatable bonds is 3. The van der Waals surface area contributed by atoms with Gasteiger partial charge in [0.2, 0.25) is 0 Å². The van der Waals surface area contributed by atoms with E-state index in [0.29, 0.717) is 0 Å². The van der Waals surface area contributed by atoms with Crippen molar-refractivity contribution in [2.24, 2.45) is 5.84 Å². The van der Waals surface area contributed by atoms with Crippen LogP contribution < -0.4 is 11.3 Å². The molecule has 3 heteroatoms. The highest BCUT2D eigenvalue weighted by molar-refractivity contribution is 5.34. The summed E-state index contributed by atoms with van der Waals surface area (Å²) in [5.74, 6) is 5.82. The van der Waals surface area contributed by atoms with Crippen LogP contribution in [-0.4, -0.2) is 12.6 Å². The lowest BCUT2D eigenvalue weighted by Gasteiger charge is -2.34. The molecule has 0 saturated carbocycles. The van der Waals surface area contributed by atoms with Gasteiger partial charge in [-0.15, -0.1) is 0 Å². The van der Waals surface area contributed by atoms with E-state index in [9.17, 15) is 0 Å². The molecule has 0 spiro atoms. The van der Waals surface area contributed by atoms with Gasteiger partial charge in [-0.25, -0.2) is 0 Å². The van der Waals surface area contributed by atoms with E-state index in [1.165, 1.54) is 36.0 Å². The highest BCUT2D eigenvalue weighted by atomic mass is 16.5. The molecule has 1 heterocycles. The minimum atomic E-state index is 0.0549. The molecule has 3 rings (SSSR count). The number of nitrogens with one attached hydrogen (secondary N) is 1. The summed E-state index contributed by atoms with van der Waals surface area (Å²) in [4.78, 5) is 0. The van der Waals surface area contributed by atoms with Crippen molar-refractivity contribution in [3.05, 3.63) is 47.0 Å². The molecule has 0 aromatic heterocycles. The maximum absolute atomic E-state index is 6.03. The molecular formula is C16H22N2O. The minimum Gasteiger partial charge on any atom is -0.371 e. The lowest BCUT2D eigenvalue weighted by Crippen LogP contribution is -2.44. The lowest BCUT2D eigenvalue weighted by atomic mass is 9.86. The third kappa shape index (κ3) is 2.59. The molecule has 2 unspecified atom stereocenters. The fraction of sp³-hybridized carbons (Fsp3) is 0.500. The van der Waals surface area contributed by atoms with Gasteiger partial charge in [-0.3, -0.25) is 11.3 Å². The van der Waals surface area contributed by atoms with Gasteiger partial charge in [0.05, 0.1) is 12.6 Å². The second-order valence-corrected chi connectivity index (χ2v) is 5.41. The van der Waals surface area contributed by atoms with Crippen LogP contribution >= 0.6 is 0 Å². The maximum Gasteiger partial charge on any atom is 0.103 e. The van der Waals surface area contributed by atoms with Crippen LogP contribution in [0, 0.1) is 0 Å². The van der Waals surface area contributed by atoms with Gasteiger partial charge in [-0.2, -0.15) is 0 Å². The van der Waals surface area contributed by atoms with Gasteiger partial charge in [-0.1, -0.05) is 35.9 Å². The Bertz CT molecular complexity index is 470. The van der Waals surface area contributed by atoms with Crippen LogP contribution in [0.5, 0.6) is 0 Å². The van der Waals surface area contributed by atoms with Gasteiger partial charge in [-0.05, 0) is 43.2 Å². The normalized spacial score (nSPS) is 24.5. The molecule has 0 amide bonds. The molecule has 1 aromatic carbocycles. The highest BCUT2D eigenvalue weighted by Gasteiger charge is 2.30. The Morgan fingerprint density at radius 1 is 1.21 bits per heavy atom. The predicted octanol–water partition coefficient (Wildman–Crippen LogP) is 2.63. The second kappa shape index (κ2) is 5.87. The summed E-state index contributed by atoms with van der Waals surface area (Å²) in [6, 6.07) is 8.68. The van der Waals surface area contributed by atoms with E-state index >= 15 is 0 Å². The van der Waals surface area contributed by atoms with Crippen LogP contribution in [0.4, 0.5) is 0 Å². The van der Waals surface area contributed by atoms with Crippen molar-refractivity contribution in [3.63, 3.8) is 0 Å². The molecule has 3 N–H and O–H groups in total. The monoisotopic (exact) mass is 258 g/mol. The van der Waals surface area contributed by atoms with Gasteiger partial charge in [0.15, 0.2) is 0 Å². The molecule has 0 saturated heterocycles. The number of hydrogen-bond donors (Lipinski definition) is 2. The average Bonchev–Trinajstić information content (AvgIpc) is 2.49. The van der Waals surface area contributed by atoms with Gasteiger partial charge in [0, 0.05) is 0 Å². The van der Waals surface area contributed by atoms with E-state index in [2.05, 4.69) is 35.8 Å². The van der Waals surface area contributed by atoms with Crippen molar-refractivity contribution < 1.29 is 4.74 Å². The minimum absolute atomic E-state index is 0.0549. The van der Waals surface area contributed by atoms with Gasteiger partial charge in [0.25, 0.3) is 0 Å². The van der Waals surface area contributed by atoms with Crippen LogP contribution in [0.2, 0.25) is 0 Å². The number of benzene rings is 1. The summed E-state index contributed by atoms with van der Waals surface area (Å²) in [5.41, 5.74) is 7.09. The van der Waals surface area contributed by atoms with Crippen molar-refractivity contribution in [2.75, 3.05) is 6.61 Å². The molecule has 0 fully saturated rings. The van der Waals surface area contributed by atoms with Crippen LogP contribution in [-0.2, 0) is 11.2 Å². The predicted molar refractivity (Wildman–Crippen MR) is 76.5 cm³/mol. The number of fused-ring (bicyclic) bond motifs is 1. The zero-order chi connectivity index (χ0) is 13.1. The largest absolute Gasteiger partial charge is 0.371 e. The number of ether oxygens (including phenoxy) is 1. The SMILES string of the molecule is NNC(C1=CCCCC1)C1OCCc2ccccc21. The third-order valence-corrected chi connectivity index (χ3v) is 4.24. The molecule has 0 radical (unpaired) electrons. The average molecular weight is 258 g/mol. The maximum atomic E-state index is 6.03. The summed E-state index contributed by atoms with van der Waals surface area (Å²) in [5, 5.41) is 0. The summed E-state index contributed by atoms with van der Waals surface area (Å²) in [6.07, 6.45) is 8.26. The smallest absolute Gasteiger partial charge is 0.103 e. The summed E-state index contributed by atoms with van der Waals surface area (Å²) in [7, 11) is 0. The molecular weight excluding hydrogens is 236 g/mol. The lowest BCUT2D eigenvalue weighted by molar-refractivity contribution is 0.0227. The van der Waals surface area contributed by atoms with Gasteiger partial charge in [0.1, 0.15) is 6.10 Å². The van der Waals surface area contributed by atoms with E-state index in [1.54, 1.807) is 0 Å². The van der Waals surface area contributed by atoms with Crippen molar-refractivity contribution in [3.8, 4) is 0 Å².